The van der Waals surface area contributed by atoms with E-state index in [0.717, 1.165) is 5.75 Å². The predicted molar refractivity (Wildman–Crippen MR) is 104 cm³/mol. The summed E-state index contributed by atoms with van der Waals surface area (Å²) in [6.45, 7) is 0.0852. The van der Waals surface area contributed by atoms with Gasteiger partial charge in [-0.3, -0.25) is 0 Å². The van der Waals surface area contributed by atoms with Crippen molar-refractivity contribution in [3.63, 3.8) is 0 Å². The Morgan fingerprint density at radius 2 is 1.64 bits per heavy atom. The van der Waals surface area contributed by atoms with E-state index in [4.69, 9.17) is 14.2 Å². The van der Waals surface area contributed by atoms with Crippen molar-refractivity contribution >= 4 is 10.0 Å². The van der Waals surface area contributed by atoms with Crippen LogP contribution in [0.5, 0.6) is 23.1 Å². The summed E-state index contributed by atoms with van der Waals surface area (Å²) in [4.78, 5) is 4.24. The molecule has 1 N–H and O–H groups in total. The van der Waals surface area contributed by atoms with Crippen LogP contribution in [0.15, 0.2) is 71.8 Å². The van der Waals surface area contributed by atoms with Crippen LogP contribution in [-0.4, -0.2) is 27.6 Å². The first-order valence-electron chi connectivity index (χ1n) is 8.41. The SMILES string of the molecule is COc1ccc(Oc2cc(CNS(=O)(=O)c3ccccc3OC)ccn2)cc1. The van der Waals surface area contributed by atoms with Crippen molar-refractivity contribution in [1.82, 2.24) is 9.71 Å². The predicted octanol–water partition coefficient (Wildman–Crippen LogP) is 3.37. The van der Waals surface area contributed by atoms with Gasteiger partial charge in [0.25, 0.3) is 0 Å². The van der Waals surface area contributed by atoms with Crippen molar-refractivity contribution < 1.29 is 22.6 Å². The Morgan fingerprint density at radius 1 is 0.929 bits per heavy atom. The number of hydrogen-bond donors (Lipinski definition) is 1. The number of rotatable bonds is 8. The second-order valence-electron chi connectivity index (χ2n) is 5.76. The van der Waals surface area contributed by atoms with Crippen LogP contribution in [0.4, 0.5) is 0 Å². The average Bonchev–Trinajstić information content (AvgIpc) is 2.73. The third kappa shape index (κ3) is 4.79. The van der Waals surface area contributed by atoms with Gasteiger partial charge in [0.1, 0.15) is 22.1 Å². The van der Waals surface area contributed by atoms with Crippen molar-refractivity contribution in [3.05, 3.63) is 72.4 Å². The number of methoxy groups -OCH3 is 2. The maximum absolute atomic E-state index is 12.6. The summed E-state index contributed by atoms with van der Waals surface area (Å²) < 4.78 is 43.7. The molecule has 0 saturated carbocycles. The Morgan fingerprint density at radius 3 is 2.36 bits per heavy atom. The molecule has 1 aromatic heterocycles. The molecule has 8 heteroatoms. The van der Waals surface area contributed by atoms with Crippen molar-refractivity contribution in [2.45, 2.75) is 11.4 Å². The summed E-state index contributed by atoms with van der Waals surface area (Å²) in [7, 11) is -0.710. The van der Waals surface area contributed by atoms with E-state index < -0.39 is 10.0 Å². The van der Waals surface area contributed by atoms with E-state index in [1.807, 2.05) is 0 Å². The summed E-state index contributed by atoms with van der Waals surface area (Å²) in [6, 6.07) is 16.9. The topological polar surface area (TPSA) is 86.8 Å². The summed E-state index contributed by atoms with van der Waals surface area (Å²) in [5, 5.41) is 0. The Balaban J connectivity index is 1.70. The summed E-state index contributed by atoms with van der Waals surface area (Å²) in [6.07, 6.45) is 1.56. The molecule has 0 aliphatic carbocycles. The fraction of sp³-hybridized carbons (Fsp3) is 0.150. The van der Waals surface area contributed by atoms with Gasteiger partial charge in [-0.05, 0) is 48.0 Å². The smallest absolute Gasteiger partial charge is 0.244 e. The molecule has 0 bridgehead atoms. The van der Waals surface area contributed by atoms with Gasteiger partial charge in [-0.2, -0.15) is 0 Å². The highest BCUT2D eigenvalue weighted by Gasteiger charge is 2.18. The Kier molecular flexibility index (Phi) is 6.13. The molecule has 28 heavy (non-hydrogen) atoms. The lowest BCUT2D eigenvalue weighted by Crippen LogP contribution is -2.23. The second kappa shape index (κ2) is 8.73. The lowest BCUT2D eigenvalue weighted by molar-refractivity contribution is 0.402. The second-order valence-corrected chi connectivity index (χ2v) is 7.49. The van der Waals surface area contributed by atoms with Gasteiger partial charge in [0.15, 0.2) is 0 Å². The summed E-state index contributed by atoms with van der Waals surface area (Å²) in [5.74, 6) is 1.97. The van der Waals surface area contributed by atoms with E-state index in [-0.39, 0.29) is 17.2 Å². The molecule has 0 fully saturated rings. The Bertz CT molecular complexity index is 1040. The molecular weight excluding hydrogens is 380 g/mol. The van der Waals surface area contributed by atoms with Gasteiger partial charge in [-0.1, -0.05) is 12.1 Å². The molecule has 0 radical (unpaired) electrons. The van der Waals surface area contributed by atoms with E-state index in [0.29, 0.717) is 17.2 Å². The molecular formula is C20H20N2O5S. The maximum Gasteiger partial charge on any atom is 0.244 e. The van der Waals surface area contributed by atoms with Gasteiger partial charge in [0, 0.05) is 18.8 Å². The van der Waals surface area contributed by atoms with E-state index in [1.165, 1.54) is 13.2 Å². The quantitative estimate of drug-likeness (QED) is 0.624. The third-order valence-electron chi connectivity index (χ3n) is 3.91. The molecule has 0 amide bonds. The molecule has 0 aliphatic heterocycles. The van der Waals surface area contributed by atoms with E-state index in [1.54, 1.807) is 67.9 Å². The number of nitrogens with one attached hydrogen (secondary N) is 1. The first-order chi connectivity index (χ1) is 13.5. The number of nitrogens with zero attached hydrogens (tertiary/aromatic N) is 1. The molecule has 3 rings (SSSR count). The van der Waals surface area contributed by atoms with Crippen LogP contribution in [-0.2, 0) is 16.6 Å². The molecule has 146 valence electrons. The summed E-state index contributed by atoms with van der Waals surface area (Å²) in [5.41, 5.74) is 0.706. The fourth-order valence-corrected chi connectivity index (χ4v) is 3.66. The van der Waals surface area contributed by atoms with Crippen LogP contribution >= 0.6 is 0 Å². The van der Waals surface area contributed by atoms with Gasteiger partial charge in [0.05, 0.1) is 14.2 Å². The molecule has 0 spiro atoms. The van der Waals surface area contributed by atoms with Crippen molar-refractivity contribution in [1.29, 1.82) is 0 Å². The standard InChI is InChI=1S/C20H20N2O5S/c1-25-16-7-9-17(10-8-16)27-20-13-15(11-12-21-20)14-22-28(23,24)19-6-4-3-5-18(19)26-2/h3-13,22H,14H2,1-2H3. The number of aromatic nitrogens is 1. The third-order valence-corrected chi connectivity index (χ3v) is 5.35. The van der Waals surface area contributed by atoms with E-state index >= 15 is 0 Å². The first-order valence-corrected chi connectivity index (χ1v) is 9.89. The molecule has 7 nitrogen and oxygen atoms in total. The number of pyridine rings is 1. The van der Waals surface area contributed by atoms with Gasteiger partial charge >= 0.3 is 0 Å². The minimum Gasteiger partial charge on any atom is -0.497 e. The van der Waals surface area contributed by atoms with Gasteiger partial charge in [-0.15, -0.1) is 0 Å². The minimum absolute atomic E-state index is 0.0845. The molecule has 0 saturated heterocycles. The minimum atomic E-state index is -3.73. The zero-order chi connectivity index (χ0) is 20.0. The highest BCUT2D eigenvalue weighted by Crippen LogP contribution is 2.24. The Hall–Kier alpha value is -3.10. The highest BCUT2D eigenvalue weighted by molar-refractivity contribution is 7.89. The van der Waals surface area contributed by atoms with E-state index in [2.05, 4.69) is 9.71 Å². The zero-order valence-corrected chi connectivity index (χ0v) is 16.3. The zero-order valence-electron chi connectivity index (χ0n) is 15.5. The first kappa shape index (κ1) is 19.7. The highest BCUT2D eigenvalue weighted by atomic mass is 32.2. The molecule has 1 heterocycles. The molecule has 0 aliphatic rings. The maximum atomic E-state index is 12.6. The van der Waals surface area contributed by atoms with Crippen LogP contribution in [0, 0.1) is 0 Å². The average molecular weight is 400 g/mol. The normalized spacial score (nSPS) is 11.1. The largest absolute Gasteiger partial charge is 0.497 e. The molecule has 2 aromatic carbocycles. The van der Waals surface area contributed by atoms with Crippen molar-refractivity contribution in [3.8, 4) is 23.1 Å². The lowest BCUT2D eigenvalue weighted by Gasteiger charge is -2.11. The molecule has 3 aromatic rings. The van der Waals surface area contributed by atoms with E-state index in [9.17, 15) is 8.42 Å². The van der Waals surface area contributed by atoms with Crippen LogP contribution < -0.4 is 18.9 Å². The fourth-order valence-electron chi connectivity index (χ4n) is 2.48. The Labute approximate surface area is 164 Å². The van der Waals surface area contributed by atoms with Crippen LogP contribution in [0.2, 0.25) is 0 Å². The number of sulfonamides is 1. The van der Waals surface area contributed by atoms with Crippen molar-refractivity contribution in [2.24, 2.45) is 0 Å². The number of ether oxygens (including phenoxy) is 3. The lowest BCUT2D eigenvalue weighted by atomic mass is 10.3. The van der Waals surface area contributed by atoms with Crippen LogP contribution in [0.25, 0.3) is 0 Å². The van der Waals surface area contributed by atoms with Crippen LogP contribution in [0.1, 0.15) is 5.56 Å². The summed E-state index contributed by atoms with van der Waals surface area (Å²) >= 11 is 0. The number of para-hydroxylation sites is 1. The van der Waals surface area contributed by atoms with Crippen molar-refractivity contribution in [2.75, 3.05) is 14.2 Å². The van der Waals surface area contributed by atoms with Gasteiger partial charge < -0.3 is 14.2 Å². The van der Waals surface area contributed by atoms with Gasteiger partial charge in [0.2, 0.25) is 15.9 Å². The molecule has 0 unspecified atom stereocenters. The van der Waals surface area contributed by atoms with Crippen LogP contribution in [0.3, 0.4) is 0 Å². The molecule has 0 atom stereocenters. The number of benzene rings is 2. The monoisotopic (exact) mass is 400 g/mol. The van der Waals surface area contributed by atoms with Gasteiger partial charge in [-0.25, -0.2) is 18.1 Å². The number of hydrogen-bond acceptors (Lipinski definition) is 6.